The topological polar surface area (TPSA) is 129 Å². The lowest BCUT2D eigenvalue weighted by Crippen LogP contribution is -2.27. The van der Waals surface area contributed by atoms with Gasteiger partial charge in [0, 0.05) is 23.5 Å². The smallest absolute Gasteiger partial charge is 0.277 e. The number of sulfonamides is 1. The molecule has 9 nitrogen and oxygen atoms in total. The molecule has 1 N–H and O–H groups in total. The number of thioether (sulfide) groups is 1. The molecule has 2 aromatic heterocycles. The number of aromatic nitrogens is 2. The number of nitrogens with one attached hydrogen (secondary N) is 1. The van der Waals surface area contributed by atoms with E-state index in [1.165, 1.54) is 20.5 Å². The Balaban J connectivity index is 1.20. The van der Waals surface area contributed by atoms with Crippen molar-refractivity contribution in [1.29, 1.82) is 5.26 Å². The molecule has 2 aliphatic rings. The summed E-state index contributed by atoms with van der Waals surface area (Å²) < 4.78 is 32.5. The van der Waals surface area contributed by atoms with Gasteiger partial charge in [-0.1, -0.05) is 11.8 Å². The largest absolute Gasteiger partial charge is 0.411 e. The van der Waals surface area contributed by atoms with E-state index in [0.29, 0.717) is 29.2 Å². The van der Waals surface area contributed by atoms with Crippen LogP contribution in [-0.2, 0) is 27.7 Å². The summed E-state index contributed by atoms with van der Waals surface area (Å²) in [4.78, 5) is 13.9. The molecule has 12 heteroatoms. The van der Waals surface area contributed by atoms with Gasteiger partial charge in [0.1, 0.15) is 11.1 Å². The van der Waals surface area contributed by atoms with Crippen LogP contribution in [0.25, 0.3) is 11.5 Å². The van der Waals surface area contributed by atoms with Gasteiger partial charge < -0.3 is 9.73 Å². The van der Waals surface area contributed by atoms with Crippen molar-refractivity contribution in [2.75, 3.05) is 24.2 Å². The Morgan fingerprint density at radius 3 is 2.63 bits per heavy atom. The number of hydrogen-bond acceptors (Lipinski definition) is 9. The Labute approximate surface area is 211 Å². The van der Waals surface area contributed by atoms with Crippen LogP contribution in [0.3, 0.4) is 0 Å². The zero-order valence-electron chi connectivity index (χ0n) is 18.8. The standard InChI is InChI=1S/C23H23N5O4S3/c24-13-18-17-5-1-2-6-19(17)34-22(18)25-20(29)14-33-23-27-26-21(32-23)15-7-9-16(10-8-15)35(30,31)28-11-3-4-12-28/h7-10H,1-6,11-12,14H2,(H,25,29). The third-order valence-electron chi connectivity index (χ3n) is 6.07. The van der Waals surface area contributed by atoms with Crippen LogP contribution in [0.5, 0.6) is 0 Å². The molecule has 1 aromatic carbocycles. The van der Waals surface area contributed by atoms with Crippen LogP contribution in [-0.4, -0.2) is 47.7 Å². The number of nitrogens with zero attached hydrogens (tertiary/aromatic N) is 4. The number of fused-ring (bicyclic) bond motifs is 1. The summed E-state index contributed by atoms with van der Waals surface area (Å²) in [5.41, 5.74) is 2.25. The Kier molecular flexibility index (Phi) is 6.93. The predicted octanol–water partition coefficient (Wildman–Crippen LogP) is 4.06. The number of nitriles is 1. The minimum absolute atomic E-state index is 0.0576. The fraction of sp³-hybridized carbons (Fsp3) is 0.391. The van der Waals surface area contributed by atoms with Crippen molar-refractivity contribution in [3.63, 3.8) is 0 Å². The number of carbonyl (C=O) groups excluding carboxylic acids is 1. The number of amides is 1. The molecule has 5 rings (SSSR count). The van der Waals surface area contributed by atoms with Gasteiger partial charge in [0.2, 0.25) is 21.8 Å². The zero-order chi connectivity index (χ0) is 24.4. The number of thiophene rings is 1. The lowest BCUT2D eigenvalue weighted by atomic mass is 9.96. The molecule has 1 fully saturated rings. The van der Waals surface area contributed by atoms with Crippen LogP contribution < -0.4 is 5.32 Å². The zero-order valence-corrected chi connectivity index (χ0v) is 21.3. The molecule has 3 aromatic rings. The first kappa shape index (κ1) is 24.0. The third-order valence-corrected chi connectivity index (χ3v) is 10.0. The van der Waals surface area contributed by atoms with Gasteiger partial charge in [-0.05, 0) is 68.4 Å². The van der Waals surface area contributed by atoms with E-state index in [-0.39, 0.29) is 27.7 Å². The summed E-state index contributed by atoms with van der Waals surface area (Å²) in [6.45, 7) is 1.10. The highest BCUT2D eigenvalue weighted by Crippen LogP contribution is 2.37. The molecule has 1 aliphatic carbocycles. The van der Waals surface area contributed by atoms with Gasteiger partial charge >= 0.3 is 0 Å². The summed E-state index contributed by atoms with van der Waals surface area (Å²) in [5.74, 6) is 0.0549. The number of aryl methyl sites for hydroxylation is 1. The number of rotatable bonds is 7. The van der Waals surface area contributed by atoms with Gasteiger partial charge in [-0.25, -0.2) is 8.42 Å². The van der Waals surface area contributed by atoms with Gasteiger partial charge in [0.25, 0.3) is 5.22 Å². The SMILES string of the molecule is N#Cc1c(NC(=O)CSc2nnc(-c3ccc(S(=O)(=O)N4CCCC4)cc3)o2)sc2c1CCCC2. The van der Waals surface area contributed by atoms with E-state index in [4.69, 9.17) is 4.42 Å². The maximum absolute atomic E-state index is 12.7. The molecule has 3 heterocycles. The quantitative estimate of drug-likeness (QED) is 0.454. The Morgan fingerprint density at radius 1 is 1.14 bits per heavy atom. The molecule has 1 saturated heterocycles. The lowest BCUT2D eigenvalue weighted by molar-refractivity contribution is -0.113. The highest BCUT2D eigenvalue weighted by Gasteiger charge is 2.27. The number of hydrogen-bond donors (Lipinski definition) is 1. The van der Waals surface area contributed by atoms with Crippen molar-refractivity contribution < 1.29 is 17.6 Å². The number of carbonyl (C=O) groups is 1. The molecule has 1 amide bonds. The van der Waals surface area contributed by atoms with Crippen molar-refractivity contribution in [1.82, 2.24) is 14.5 Å². The van der Waals surface area contributed by atoms with Crippen molar-refractivity contribution in [3.8, 4) is 17.5 Å². The highest BCUT2D eigenvalue weighted by atomic mass is 32.2. The second-order valence-electron chi connectivity index (χ2n) is 8.37. The normalized spacial score (nSPS) is 16.1. The summed E-state index contributed by atoms with van der Waals surface area (Å²) in [7, 11) is -3.48. The van der Waals surface area contributed by atoms with Crippen LogP contribution in [0, 0.1) is 11.3 Å². The molecule has 0 unspecified atom stereocenters. The van der Waals surface area contributed by atoms with E-state index in [0.717, 1.165) is 55.9 Å². The number of benzene rings is 1. The Bertz CT molecular complexity index is 1380. The van der Waals surface area contributed by atoms with E-state index in [1.807, 2.05) is 0 Å². The van der Waals surface area contributed by atoms with Gasteiger partial charge in [-0.2, -0.15) is 9.57 Å². The van der Waals surface area contributed by atoms with E-state index in [9.17, 15) is 18.5 Å². The first-order valence-electron chi connectivity index (χ1n) is 11.4. The Hall–Kier alpha value is -2.72. The summed E-state index contributed by atoms with van der Waals surface area (Å²) >= 11 is 2.59. The fourth-order valence-electron chi connectivity index (χ4n) is 4.29. The van der Waals surface area contributed by atoms with Crippen LogP contribution >= 0.6 is 23.1 Å². The molecule has 1 aliphatic heterocycles. The van der Waals surface area contributed by atoms with Crippen molar-refractivity contribution in [3.05, 3.63) is 40.3 Å². The summed E-state index contributed by atoms with van der Waals surface area (Å²) in [6, 6.07) is 8.60. The van der Waals surface area contributed by atoms with Crippen LogP contribution in [0.15, 0.2) is 38.8 Å². The monoisotopic (exact) mass is 529 g/mol. The maximum Gasteiger partial charge on any atom is 0.277 e. The highest BCUT2D eigenvalue weighted by molar-refractivity contribution is 7.99. The van der Waals surface area contributed by atoms with E-state index in [1.54, 1.807) is 24.3 Å². The van der Waals surface area contributed by atoms with Gasteiger partial charge in [0.05, 0.1) is 16.2 Å². The average molecular weight is 530 g/mol. The second kappa shape index (κ2) is 10.1. The molecule has 0 saturated carbocycles. The molecule has 182 valence electrons. The van der Waals surface area contributed by atoms with Crippen LogP contribution in [0.2, 0.25) is 0 Å². The van der Waals surface area contributed by atoms with Gasteiger partial charge in [-0.15, -0.1) is 21.5 Å². The molecular weight excluding hydrogens is 506 g/mol. The molecule has 35 heavy (non-hydrogen) atoms. The van der Waals surface area contributed by atoms with Gasteiger partial charge in [0.15, 0.2) is 0 Å². The Morgan fingerprint density at radius 2 is 1.89 bits per heavy atom. The molecule has 0 bridgehead atoms. The minimum atomic E-state index is -3.48. The fourth-order valence-corrected chi connectivity index (χ4v) is 7.63. The molecule has 0 atom stereocenters. The first-order chi connectivity index (χ1) is 17.0. The first-order valence-corrected chi connectivity index (χ1v) is 14.6. The van der Waals surface area contributed by atoms with Gasteiger partial charge in [-0.3, -0.25) is 4.79 Å². The summed E-state index contributed by atoms with van der Waals surface area (Å²) in [5, 5.41) is 21.2. The predicted molar refractivity (Wildman–Crippen MR) is 133 cm³/mol. The average Bonchev–Trinajstić information content (AvgIpc) is 3.63. The molecular formula is C23H23N5O4S3. The molecule has 0 spiro atoms. The van der Waals surface area contributed by atoms with Crippen LogP contribution in [0.4, 0.5) is 5.00 Å². The third kappa shape index (κ3) is 4.99. The van der Waals surface area contributed by atoms with E-state index in [2.05, 4.69) is 21.6 Å². The van der Waals surface area contributed by atoms with Crippen LogP contribution in [0.1, 0.15) is 41.7 Å². The van der Waals surface area contributed by atoms with Crippen molar-refractivity contribution in [2.45, 2.75) is 48.6 Å². The summed E-state index contributed by atoms with van der Waals surface area (Å²) in [6.07, 6.45) is 5.78. The lowest BCUT2D eigenvalue weighted by Gasteiger charge is -2.15. The number of anilines is 1. The van der Waals surface area contributed by atoms with E-state index >= 15 is 0 Å². The van der Waals surface area contributed by atoms with E-state index < -0.39 is 10.0 Å². The minimum Gasteiger partial charge on any atom is -0.411 e. The van der Waals surface area contributed by atoms with Crippen molar-refractivity contribution >= 4 is 44.0 Å². The van der Waals surface area contributed by atoms with Crippen molar-refractivity contribution in [2.24, 2.45) is 0 Å². The molecule has 0 radical (unpaired) electrons. The maximum atomic E-state index is 12.7. The second-order valence-corrected chi connectivity index (χ2v) is 12.3.